The minimum Gasteiger partial charge on any atom is -0.475 e. The molecule has 21 heavy (non-hydrogen) atoms. The third kappa shape index (κ3) is 4.71. The number of nitro benzene ring substituents is 2. The monoisotopic (exact) mass is 298 g/mol. The molecule has 0 bridgehead atoms. The molecule has 0 aliphatic heterocycles. The van der Waals surface area contributed by atoms with Gasteiger partial charge in [-0.1, -0.05) is 6.92 Å². The number of nitrogens with zero attached hydrogens (tertiary/aromatic N) is 2. The minimum atomic E-state index is -0.817. The van der Waals surface area contributed by atoms with Crippen molar-refractivity contribution in [2.75, 3.05) is 6.61 Å². The summed E-state index contributed by atoms with van der Waals surface area (Å²) in [6.07, 6.45) is 0.344. The maximum atomic E-state index is 11.4. The fourth-order valence-electron chi connectivity index (χ4n) is 1.36. The van der Waals surface area contributed by atoms with Crippen molar-refractivity contribution >= 4 is 17.3 Å². The lowest BCUT2D eigenvalue weighted by Gasteiger charge is -2.11. The number of hydrogen-bond donors (Lipinski definition) is 0. The molecule has 0 saturated heterocycles. The van der Waals surface area contributed by atoms with E-state index >= 15 is 0 Å². The molecule has 0 saturated carbocycles. The second-order valence-corrected chi connectivity index (χ2v) is 4.16. The fraction of sp³-hybridized carbons (Fsp3) is 0.417. The SMILES string of the molecule is CCC(C)OC(=O)COc1ccc([N+](=O)[O-])cc1[N+](=O)[O-]. The van der Waals surface area contributed by atoms with Crippen LogP contribution in [0.2, 0.25) is 0 Å². The molecule has 0 fully saturated rings. The number of carbonyl (C=O) groups is 1. The summed E-state index contributed by atoms with van der Waals surface area (Å²) >= 11 is 0. The van der Waals surface area contributed by atoms with Gasteiger partial charge in [0.25, 0.3) is 5.69 Å². The zero-order valence-corrected chi connectivity index (χ0v) is 11.5. The van der Waals surface area contributed by atoms with Crippen LogP contribution in [0.15, 0.2) is 18.2 Å². The highest BCUT2D eigenvalue weighted by atomic mass is 16.6. The number of non-ortho nitro benzene ring substituents is 1. The highest BCUT2D eigenvalue weighted by Gasteiger charge is 2.21. The number of carbonyl (C=O) groups excluding carboxylic acids is 1. The van der Waals surface area contributed by atoms with Crippen molar-refractivity contribution in [2.45, 2.75) is 26.4 Å². The molecule has 0 amide bonds. The van der Waals surface area contributed by atoms with Gasteiger partial charge in [0.2, 0.25) is 0 Å². The van der Waals surface area contributed by atoms with Gasteiger partial charge in [-0.25, -0.2) is 4.79 Å². The second kappa shape index (κ2) is 7.17. The van der Waals surface area contributed by atoms with Crippen molar-refractivity contribution in [1.29, 1.82) is 0 Å². The van der Waals surface area contributed by atoms with Crippen LogP contribution in [-0.4, -0.2) is 28.5 Å². The van der Waals surface area contributed by atoms with Gasteiger partial charge in [0, 0.05) is 6.07 Å². The number of hydrogen-bond acceptors (Lipinski definition) is 7. The Labute approximate surface area is 119 Å². The van der Waals surface area contributed by atoms with Gasteiger partial charge in [-0.3, -0.25) is 20.2 Å². The van der Waals surface area contributed by atoms with Gasteiger partial charge in [0.15, 0.2) is 12.4 Å². The van der Waals surface area contributed by atoms with E-state index in [1.165, 1.54) is 0 Å². The first-order valence-electron chi connectivity index (χ1n) is 6.10. The zero-order chi connectivity index (χ0) is 16.0. The van der Waals surface area contributed by atoms with Crippen LogP contribution in [0.25, 0.3) is 0 Å². The molecule has 0 radical (unpaired) electrons. The Morgan fingerprint density at radius 3 is 2.48 bits per heavy atom. The van der Waals surface area contributed by atoms with Crippen LogP contribution in [0.5, 0.6) is 5.75 Å². The van der Waals surface area contributed by atoms with E-state index in [-0.39, 0.29) is 11.9 Å². The van der Waals surface area contributed by atoms with E-state index in [0.717, 1.165) is 18.2 Å². The van der Waals surface area contributed by atoms with Crippen LogP contribution in [0.3, 0.4) is 0 Å². The zero-order valence-electron chi connectivity index (χ0n) is 11.5. The molecule has 0 aromatic heterocycles. The highest BCUT2D eigenvalue weighted by molar-refractivity contribution is 5.71. The van der Waals surface area contributed by atoms with Gasteiger partial charge in [-0.2, -0.15) is 0 Å². The standard InChI is InChI=1S/C12H14N2O7/c1-3-8(2)21-12(15)7-20-11-5-4-9(13(16)17)6-10(11)14(18)19/h4-6,8H,3,7H2,1-2H3. The first-order chi connectivity index (χ1) is 9.85. The van der Waals surface area contributed by atoms with Crippen molar-refractivity contribution in [2.24, 2.45) is 0 Å². The molecule has 9 heteroatoms. The molecular formula is C12H14N2O7. The van der Waals surface area contributed by atoms with Crippen LogP contribution in [0.1, 0.15) is 20.3 Å². The normalized spacial score (nSPS) is 11.5. The molecule has 0 spiro atoms. The maximum Gasteiger partial charge on any atom is 0.344 e. The van der Waals surface area contributed by atoms with Gasteiger partial charge < -0.3 is 9.47 Å². The topological polar surface area (TPSA) is 122 Å². The summed E-state index contributed by atoms with van der Waals surface area (Å²) in [6, 6.07) is 2.91. The third-order valence-electron chi connectivity index (χ3n) is 2.60. The van der Waals surface area contributed by atoms with Crippen LogP contribution in [0, 0.1) is 20.2 Å². The predicted octanol–water partition coefficient (Wildman–Crippen LogP) is 2.22. The molecule has 1 aromatic carbocycles. The van der Waals surface area contributed by atoms with E-state index in [1.807, 2.05) is 6.92 Å². The summed E-state index contributed by atoms with van der Waals surface area (Å²) < 4.78 is 9.94. The molecule has 1 aromatic rings. The average molecular weight is 298 g/mol. The van der Waals surface area contributed by atoms with E-state index in [2.05, 4.69) is 0 Å². The maximum absolute atomic E-state index is 11.4. The quantitative estimate of drug-likeness (QED) is 0.429. The predicted molar refractivity (Wildman–Crippen MR) is 71.1 cm³/mol. The van der Waals surface area contributed by atoms with E-state index in [4.69, 9.17) is 9.47 Å². The highest BCUT2D eigenvalue weighted by Crippen LogP contribution is 2.30. The van der Waals surface area contributed by atoms with Gasteiger partial charge >= 0.3 is 11.7 Å². The molecule has 114 valence electrons. The van der Waals surface area contributed by atoms with Crippen LogP contribution in [0.4, 0.5) is 11.4 Å². The van der Waals surface area contributed by atoms with E-state index in [9.17, 15) is 25.0 Å². The number of ether oxygens (including phenoxy) is 2. The van der Waals surface area contributed by atoms with Crippen molar-refractivity contribution in [3.63, 3.8) is 0 Å². The Bertz CT molecular complexity index is 559. The second-order valence-electron chi connectivity index (χ2n) is 4.16. The molecule has 1 rings (SSSR count). The Morgan fingerprint density at radius 1 is 1.29 bits per heavy atom. The molecule has 0 N–H and O–H groups in total. The summed E-state index contributed by atoms with van der Waals surface area (Å²) in [5, 5.41) is 21.4. The number of rotatable bonds is 7. The Morgan fingerprint density at radius 2 is 1.95 bits per heavy atom. The summed E-state index contributed by atoms with van der Waals surface area (Å²) in [5.41, 5.74) is -1.02. The largest absolute Gasteiger partial charge is 0.475 e. The van der Waals surface area contributed by atoms with Gasteiger partial charge in [0.1, 0.15) is 0 Å². The summed E-state index contributed by atoms with van der Waals surface area (Å²) in [4.78, 5) is 31.3. The molecular weight excluding hydrogens is 284 g/mol. The van der Waals surface area contributed by atoms with Crippen molar-refractivity contribution in [1.82, 2.24) is 0 Å². The minimum absolute atomic E-state index is 0.230. The molecule has 9 nitrogen and oxygen atoms in total. The van der Waals surface area contributed by atoms with Crippen molar-refractivity contribution in [3.05, 3.63) is 38.4 Å². The Kier molecular flexibility index (Phi) is 5.58. The first-order valence-corrected chi connectivity index (χ1v) is 6.10. The Balaban J connectivity index is 2.81. The summed E-state index contributed by atoms with van der Waals surface area (Å²) in [5.74, 6) is -0.899. The average Bonchev–Trinajstić information content (AvgIpc) is 2.44. The summed E-state index contributed by atoms with van der Waals surface area (Å²) in [6.45, 7) is 3.02. The molecule has 0 aliphatic rings. The molecule has 0 aliphatic carbocycles. The summed E-state index contributed by atoms with van der Waals surface area (Å²) in [7, 11) is 0. The van der Waals surface area contributed by atoms with E-state index in [1.54, 1.807) is 6.92 Å². The van der Waals surface area contributed by atoms with Gasteiger partial charge in [0.05, 0.1) is 22.0 Å². The van der Waals surface area contributed by atoms with Gasteiger partial charge in [-0.05, 0) is 19.4 Å². The van der Waals surface area contributed by atoms with E-state index in [0.29, 0.717) is 6.42 Å². The first kappa shape index (κ1) is 16.3. The molecule has 1 atom stereocenters. The molecule has 0 heterocycles. The van der Waals surface area contributed by atoms with E-state index < -0.39 is 33.8 Å². The number of esters is 1. The lowest BCUT2D eigenvalue weighted by atomic mass is 10.2. The van der Waals surface area contributed by atoms with Crippen molar-refractivity contribution in [3.8, 4) is 5.75 Å². The Hall–Kier alpha value is -2.71. The van der Waals surface area contributed by atoms with Crippen LogP contribution >= 0.6 is 0 Å². The molecule has 1 unspecified atom stereocenters. The fourth-order valence-corrected chi connectivity index (χ4v) is 1.36. The number of benzene rings is 1. The van der Waals surface area contributed by atoms with Crippen molar-refractivity contribution < 1.29 is 24.1 Å². The smallest absolute Gasteiger partial charge is 0.344 e. The lowest BCUT2D eigenvalue weighted by molar-refractivity contribution is -0.394. The number of nitro groups is 2. The van der Waals surface area contributed by atoms with Gasteiger partial charge in [-0.15, -0.1) is 0 Å². The lowest BCUT2D eigenvalue weighted by Crippen LogP contribution is -2.20. The van der Waals surface area contributed by atoms with Crippen LogP contribution in [-0.2, 0) is 9.53 Å². The third-order valence-corrected chi connectivity index (χ3v) is 2.60. The van der Waals surface area contributed by atoms with Crippen LogP contribution < -0.4 is 4.74 Å².